The minimum atomic E-state index is -1.52. The Morgan fingerprint density at radius 3 is 2.46 bits per heavy atom. The summed E-state index contributed by atoms with van der Waals surface area (Å²) in [5.74, 6) is 0.0134. The Balaban J connectivity index is 0.000000186. The lowest BCUT2D eigenvalue weighted by Gasteiger charge is -2.27. The number of hydrogen-bond donors (Lipinski definition) is 2. The van der Waals surface area contributed by atoms with Crippen LogP contribution in [-0.2, 0) is 17.4 Å². The normalized spacial score (nSPS) is 15.4. The van der Waals surface area contributed by atoms with Gasteiger partial charge in [0.05, 0.1) is 23.8 Å². The molecule has 1 saturated carbocycles. The predicted molar refractivity (Wildman–Crippen MR) is 142 cm³/mol. The number of nitriles is 1. The van der Waals surface area contributed by atoms with Crippen LogP contribution in [0.1, 0.15) is 51.4 Å². The van der Waals surface area contributed by atoms with Crippen LogP contribution in [0.4, 0.5) is 4.39 Å². The number of benzene rings is 3. The second-order valence-corrected chi connectivity index (χ2v) is 10.5. The Bertz CT molecular complexity index is 1300. The minimum absolute atomic E-state index is 0.0743. The summed E-state index contributed by atoms with van der Waals surface area (Å²) < 4.78 is 33.2. The van der Waals surface area contributed by atoms with E-state index in [0.717, 1.165) is 43.5 Å². The third-order valence-electron chi connectivity index (χ3n) is 6.25. The summed E-state index contributed by atoms with van der Waals surface area (Å²) in [4.78, 5) is 11.9. The SMILES string of the molecule is CS(=O)NC(=O)c1cc(C2CC2)c(OCC2CNC2)cc1F.N#Cc1cccc(Cc2ccccc2)c1. The van der Waals surface area contributed by atoms with E-state index in [1.165, 1.54) is 23.4 Å². The van der Waals surface area contributed by atoms with Crippen molar-refractivity contribution in [2.45, 2.75) is 25.2 Å². The molecule has 2 fully saturated rings. The number of ether oxygens (including phenoxy) is 1. The second-order valence-electron chi connectivity index (χ2n) is 9.34. The van der Waals surface area contributed by atoms with Crippen molar-refractivity contribution in [1.82, 2.24) is 10.0 Å². The molecule has 2 aliphatic rings. The van der Waals surface area contributed by atoms with Crippen molar-refractivity contribution >= 4 is 16.9 Å². The van der Waals surface area contributed by atoms with Crippen LogP contribution in [0.25, 0.3) is 0 Å². The molecule has 1 heterocycles. The van der Waals surface area contributed by atoms with Crippen LogP contribution in [0.5, 0.6) is 5.75 Å². The van der Waals surface area contributed by atoms with E-state index in [-0.39, 0.29) is 5.56 Å². The van der Waals surface area contributed by atoms with Crippen LogP contribution in [-0.4, -0.2) is 36.1 Å². The van der Waals surface area contributed by atoms with E-state index in [1.54, 1.807) is 6.07 Å². The molecule has 1 saturated heterocycles. The van der Waals surface area contributed by atoms with Gasteiger partial charge >= 0.3 is 0 Å². The van der Waals surface area contributed by atoms with Crippen molar-refractivity contribution in [2.75, 3.05) is 26.0 Å². The number of rotatable bonds is 8. The van der Waals surface area contributed by atoms with E-state index in [2.05, 4.69) is 28.2 Å². The van der Waals surface area contributed by atoms with E-state index in [4.69, 9.17) is 10.00 Å². The van der Waals surface area contributed by atoms with Gasteiger partial charge in [-0.2, -0.15) is 5.26 Å². The molecule has 1 aliphatic heterocycles. The third kappa shape index (κ3) is 7.72. The van der Waals surface area contributed by atoms with Gasteiger partial charge in [0, 0.05) is 31.3 Å². The highest BCUT2D eigenvalue weighted by atomic mass is 32.2. The summed E-state index contributed by atoms with van der Waals surface area (Å²) in [6.07, 6.45) is 4.26. The van der Waals surface area contributed by atoms with Gasteiger partial charge in [0.2, 0.25) is 0 Å². The van der Waals surface area contributed by atoms with E-state index >= 15 is 0 Å². The van der Waals surface area contributed by atoms with Crippen molar-refractivity contribution in [2.24, 2.45) is 5.92 Å². The summed E-state index contributed by atoms with van der Waals surface area (Å²) in [7, 11) is -1.52. The van der Waals surface area contributed by atoms with Crippen molar-refractivity contribution in [3.63, 3.8) is 0 Å². The van der Waals surface area contributed by atoms with Crippen LogP contribution in [0.2, 0.25) is 0 Å². The largest absolute Gasteiger partial charge is 0.493 e. The van der Waals surface area contributed by atoms with Gasteiger partial charge in [0.1, 0.15) is 22.6 Å². The average Bonchev–Trinajstić information content (AvgIpc) is 3.69. The highest BCUT2D eigenvalue weighted by molar-refractivity contribution is 7.82. The maximum absolute atomic E-state index is 14.2. The molecule has 1 atom stereocenters. The number of halogens is 1. The highest BCUT2D eigenvalue weighted by Gasteiger charge is 2.30. The maximum Gasteiger partial charge on any atom is 0.265 e. The molecule has 0 radical (unpaired) electrons. The van der Waals surface area contributed by atoms with E-state index in [0.29, 0.717) is 24.2 Å². The molecule has 6 nitrogen and oxygen atoms in total. The monoisotopic (exact) mass is 519 g/mol. The first-order valence-corrected chi connectivity index (χ1v) is 13.8. The van der Waals surface area contributed by atoms with Crippen molar-refractivity contribution in [3.05, 3.63) is 100 Å². The van der Waals surface area contributed by atoms with Gasteiger partial charge in [-0.25, -0.2) is 8.60 Å². The number of carbonyl (C=O) groups is 1. The number of nitrogens with zero attached hydrogens (tertiary/aromatic N) is 1. The Morgan fingerprint density at radius 2 is 1.84 bits per heavy atom. The summed E-state index contributed by atoms with van der Waals surface area (Å²) in [6.45, 7) is 2.39. The molecule has 5 rings (SSSR count). The number of nitrogens with one attached hydrogen (secondary N) is 2. The molecule has 192 valence electrons. The molecule has 3 aromatic carbocycles. The zero-order valence-electron chi connectivity index (χ0n) is 20.7. The van der Waals surface area contributed by atoms with Gasteiger partial charge in [-0.15, -0.1) is 0 Å². The topological polar surface area (TPSA) is 91.2 Å². The van der Waals surface area contributed by atoms with Crippen LogP contribution in [0, 0.1) is 23.1 Å². The molecular formula is C29H30FN3O3S. The van der Waals surface area contributed by atoms with E-state index in [1.807, 2.05) is 42.5 Å². The molecule has 37 heavy (non-hydrogen) atoms. The van der Waals surface area contributed by atoms with Gasteiger partial charge in [0.15, 0.2) is 0 Å². The molecule has 0 aromatic heterocycles. The molecule has 3 aromatic rings. The van der Waals surface area contributed by atoms with Crippen LogP contribution in [0.15, 0.2) is 66.7 Å². The average molecular weight is 520 g/mol. The Morgan fingerprint density at radius 1 is 1.11 bits per heavy atom. The molecule has 1 amide bonds. The zero-order chi connectivity index (χ0) is 26.2. The first-order valence-electron chi connectivity index (χ1n) is 12.3. The predicted octanol–water partition coefficient (Wildman–Crippen LogP) is 4.47. The lowest BCUT2D eigenvalue weighted by molar-refractivity contribution is 0.0979. The number of hydrogen-bond acceptors (Lipinski definition) is 5. The van der Waals surface area contributed by atoms with Gasteiger partial charge in [-0.05, 0) is 60.1 Å². The maximum atomic E-state index is 14.2. The Kier molecular flexibility index (Phi) is 9.04. The van der Waals surface area contributed by atoms with Crippen LogP contribution < -0.4 is 14.8 Å². The standard InChI is InChI=1S/C15H19FN2O3S.C14H11N/c1-22(20)18-15(19)12-4-11(10-2-3-10)14(5-13(12)16)21-8-9-6-17-7-9;15-11-14-8-4-7-13(10-14)9-12-5-2-1-3-6-12/h4-5,9-10,17H,2-3,6-8H2,1H3,(H,18,19);1-8,10H,9H2. The van der Waals surface area contributed by atoms with Crippen molar-refractivity contribution < 1.29 is 18.1 Å². The fourth-order valence-corrected chi connectivity index (χ4v) is 4.40. The molecule has 1 aliphatic carbocycles. The molecule has 0 spiro atoms. The molecule has 8 heteroatoms. The van der Waals surface area contributed by atoms with E-state index < -0.39 is 22.7 Å². The third-order valence-corrected chi connectivity index (χ3v) is 6.72. The van der Waals surface area contributed by atoms with Crippen LogP contribution in [0.3, 0.4) is 0 Å². The molecule has 2 N–H and O–H groups in total. The highest BCUT2D eigenvalue weighted by Crippen LogP contribution is 2.45. The molecule has 1 unspecified atom stereocenters. The summed E-state index contributed by atoms with van der Waals surface area (Å²) in [5, 5.41) is 11.9. The van der Waals surface area contributed by atoms with E-state index in [9.17, 15) is 13.4 Å². The second kappa shape index (κ2) is 12.6. The number of carbonyl (C=O) groups excluding carboxylic acids is 1. The zero-order valence-corrected chi connectivity index (χ0v) is 21.5. The quantitative estimate of drug-likeness (QED) is 0.458. The summed E-state index contributed by atoms with van der Waals surface area (Å²) in [5.41, 5.74) is 3.98. The fraction of sp³-hybridized carbons (Fsp3) is 0.310. The Labute approximate surface area is 219 Å². The molecule has 0 bridgehead atoms. The first-order chi connectivity index (χ1) is 17.9. The minimum Gasteiger partial charge on any atom is -0.493 e. The lowest BCUT2D eigenvalue weighted by Crippen LogP contribution is -2.45. The fourth-order valence-electron chi connectivity index (χ4n) is 4.03. The van der Waals surface area contributed by atoms with Gasteiger partial charge in [-0.3, -0.25) is 9.52 Å². The van der Waals surface area contributed by atoms with Crippen molar-refractivity contribution in [1.29, 1.82) is 5.26 Å². The first kappa shape index (κ1) is 26.5. The molecular weight excluding hydrogens is 489 g/mol. The summed E-state index contributed by atoms with van der Waals surface area (Å²) >= 11 is 0. The van der Waals surface area contributed by atoms with Gasteiger partial charge < -0.3 is 10.1 Å². The van der Waals surface area contributed by atoms with Gasteiger partial charge in [0.25, 0.3) is 5.91 Å². The Hall–Kier alpha value is -3.54. The summed E-state index contributed by atoms with van der Waals surface area (Å²) in [6, 6.07) is 23.0. The lowest BCUT2D eigenvalue weighted by atomic mass is 10.0. The number of amides is 1. The van der Waals surface area contributed by atoms with Crippen molar-refractivity contribution in [3.8, 4) is 11.8 Å². The smallest absolute Gasteiger partial charge is 0.265 e. The van der Waals surface area contributed by atoms with Crippen LogP contribution >= 0.6 is 0 Å². The van der Waals surface area contributed by atoms with Gasteiger partial charge in [-0.1, -0.05) is 42.5 Å².